The van der Waals surface area contributed by atoms with E-state index in [4.69, 9.17) is 21.1 Å². The fourth-order valence-corrected chi connectivity index (χ4v) is 2.52. The minimum Gasteiger partial charge on any atom is -0.490 e. The van der Waals surface area contributed by atoms with Gasteiger partial charge in [0.1, 0.15) is 24.7 Å². The van der Waals surface area contributed by atoms with E-state index in [9.17, 15) is 0 Å². The molecule has 2 rings (SSSR count). The number of ether oxygens (including phenoxy) is 2. The summed E-state index contributed by atoms with van der Waals surface area (Å²) in [5.41, 5.74) is 0. The molecule has 1 heterocycles. The summed E-state index contributed by atoms with van der Waals surface area (Å²) < 4.78 is 13.0. The van der Waals surface area contributed by atoms with Crippen LogP contribution in [0.1, 0.15) is 25.0 Å². The van der Waals surface area contributed by atoms with E-state index >= 15 is 0 Å². The van der Waals surface area contributed by atoms with Gasteiger partial charge in [-0.15, -0.1) is 10.2 Å². The Morgan fingerprint density at radius 1 is 1.18 bits per heavy atom. The van der Waals surface area contributed by atoms with Crippen molar-refractivity contribution in [1.82, 2.24) is 25.4 Å². The van der Waals surface area contributed by atoms with Gasteiger partial charge in [0.15, 0.2) is 11.8 Å². The molecule has 0 amide bonds. The second-order valence-electron chi connectivity index (χ2n) is 6.07. The largest absolute Gasteiger partial charge is 0.490 e. The first-order valence-electron chi connectivity index (χ1n) is 9.44. The molecule has 0 aliphatic heterocycles. The van der Waals surface area contributed by atoms with Crippen molar-refractivity contribution in [2.45, 2.75) is 26.8 Å². The van der Waals surface area contributed by atoms with Gasteiger partial charge in [0, 0.05) is 26.8 Å². The molecule has 2 N–H and O–H groups in total. The number of nitrogens with zero attached hydrogens (tertiary/aromatic N) is 4. The third-order valence-electron chi connectivity index (χ3n) is 4.01. The summed E-state index contributed by atoms with van der Waals surface area (Å²) in [6.07, 6.45) is 0.897. The van der Waals surface area contributed by atoms with Crippen molar-refractivity contribution in [2.75, 3.05) is 32.9 Å². The number of hydrogen-bond acceptors (Lipinski definition) is 5. The second-order valence-corrected chi connectivity index (χ2v) is 6.48. The number of aromatic nitrogens is 3. The van der Waals surface area contributed by atoms with Crippen molar-refractivity contribution >= 4 is 17.6 Å². The van der Waals surface area contributed by atoms with E-state index < -0.39 is 0 Å². The third-order valence-corrected chi connectivity index (χ3v) is 4.32. The van der Waals surface area contributed by atoms with Crippen molar-refractivity contribution in [3.8, 4) is 5.75 Å². The zero-order valence-corrected chi connectivity index (χ0v) is 17.5. The lowest BCUT2D eigenvalue weighted by atomic mass is 10.3. The summed E-state index contributed by atoms with van der Waals surface area (Å²) >= 11 is 6.10. The normalized spacial score (nSPS) is 11.5. The van der Waals surface area contributed by atoms with Gasteiger partial charge in [-0.3, -0.25) is 0 Å². The van der Waals surface area contributed by atoms with Gasteiger partial charge >= 0.3 is 0 Å². The number of nitrogens with one attached hydrogen (secondary N) is 2. The van der Waals surface area contributed by atoms with Crippen LogP contribution < -0.4 is 15.4 Å². The monoisotopic (exact) mass is 408 g/mol. The predicted molar refractivity (Wildman–Crippen MR) is 111 cm³/mol. The minimum absolute atomic E-state index is 0.434. The van der Waals surface area contributed by atoms with Gasteiger partial charge in [-0.1, -0.05) is 23.7 Å². The first kappa shape index (κ1) is 22.0. The van der Waals surface area contributed by atoms with Crippen LogP contribution in [0.4, 0.5) is 0 Å². The molecule has 154 valence electrons. The summed E-state index contributed by atoms with van der Waals surface area (Å²) in [6.45, 7) is 7.59. The molecule has 0 saturated carbocycles. The van der Waals surface area contributed by atoms with Crippen molar-refractivity contribution < 1.29 is 9.47 Å². The Morgan fingerprint density at radius 3 is 2.68 bits per heavy atom. The van der Waals surface area contributed by atoms with E-state index in [-0.39, 0.29) is 0 Å². The van der Waals surface area contributed by atoms with Crippen LogP contribution in [0.2, 0.25) is 5.02 Å². The number of halogens is 1. The van der Waals surface area contributed by atoms with Crippen molar-refractivity contribution in [3.63, 3.8) is 0 Å². The Balaban J connectivity index is 1.84. The highest BCUT2D eigenvalue weighted by atomic mass is 35.5. The fraction of sp³-hybridized carbons (Fsp3) is 0.526. The maximum atomic E-state index is 6.10. The summed E-state index contributed by atoms with van der Waals surface area (Å²) in [6, 6.07) is 7.42. The zero-order valence-electron chi connectivity index (χ0n) is 16.7. The summed E-state index contributed by atoms with van der Waals surface area (Å²) in [7, 11) is 1.93. The molecule has 0 radical (unpaired) electrons. The van der Waals surface area contributed by atoms with E-state index in [1.54, 1.807) is 6.07 Å². The van der Waals surface area contributed by atoms with Crippen LogP contribution in [0.25, 0.3) is 0 Å². The quantitative estimate of drug-likeness (QED) is 0.337. The van der Waals surface area contributed by atoms with Crippen LogP contribution in [0.5, 0.6) is 5.75 Å². The fourth-order valence-electron chi connectivity index (χ4n) is 2.33. The average Bonchev–Trinajstić information content (AvgIpc) is 3.01. The summed E-state index contributed by atoms with van der Waals surface area (Å²) in [5.74, 6) is 3.03. The predicted octanol–water partition coefficient (Wildman–Crippen LogP) is 2.32. The molecule has 28 heavy (non-hydrogen) atoms. The number of aliphatic imine (C=N–C) groups is 1. The van der Waals surface area contributed by atoms with E-state index in [1.165, 1.54) is 0 Å². The highest BCUT2D eigenvalue weighted by molar-refractivity contribution is 6.32. The minimum atomic E-state index is 0.434. The first-order valence-corrected chi connectivity index (χ1v) is 9.81. The van der Waals surface area contributed by atoms with Gasteiger partial charge in [-0.05, 0) is 32.4 Å². The van der Waals surface area contributed by atoms with Crippen molar-refractivity contribution in [1.29, 1.82) is 0 Å². The van der Waals surface area contributed by atoms with Crippen LogP contribution in [-0.2, 0) is 18.3 Å². The van der Waals surface area contributed by atoms with Gasteiger partial charge in [0.05, 0.1) is 11.6 Å². The number of aryl methyl sites for hydroxylation is 1. The van der Waals surface area contributed by atoms with Crippen LogP contribution in [-0.4, -0.2) is 53.6 Å². The lowest BCUT2D eigenvalue weighted by Crippen LogP contribution is -2.40. The first-order chi connectivity index (χ1) is 13.6. The molecule has 0 spiro atoms. The van der Waals surface area contributed by atoms with Crippen LogP contribution >= 0.6 is 11.6 Å². The molecule has 0 aliphatic carbocycles. The number of hydrogen-bond donors (Lipinski definition) is 2. The molecule has 0 fully saturated rings. The number of benzene rings is 1. The molecule has 0 saturated heterocycles. The number of para-hydroxylation sites is 1. The summed E-state index contributed by atoms with van der Waals surface area (Å²) in [5, 5.41) is 15.4. The molecular weight excluding hydrogens is 380 g/mol. The van der Waals surface area contributed by atoms with Gasteiger partial charge in [-0.2, -0.15) is 0 Å². The maximum absolute atomic E-state index is 6.10. The van der Waals surface area contributed by atoms with Crippen molar-refractivity contribution in [2.24, 2.45) is 12.0 Å². The van der Waals surface area contributed by atoms with Gasteiger partial charge < -0.3 is 24.7 Å². The molecule has 9 heteroatoms. The molecule has 8 nitrogen and oxygen atoms in total. The molecule has 0 aliphatic rings. The smallest absolute Gasteiger partial charge is 0.191 e. The Hall–Kier alpha value is -2.32. The second kappa shape index (κ2) is 12.2. The molecule has 1 aromatic carbocycles. The van der Waals surface area contributed by atoms with Crippen LogP contribution in [0.15, 0.2) is 29.3 Å². The standard InChI is InChI=1S/C19H29ClN6O2/c1-4-27-12-7-10-21-19(23-14-18-25-24-15(2)26(18)3)22-11-13-28-17-9-6-5-8-16(17)20/h5-6,8-9H,4,7,10-14H2,1-3H3,(H2,21,22,23). The Morgan fingerprint density at radius 2 is 1.96 bits per heavy atom. The van der Waals surface area contributed by atoms with Gasteiger partial charge in [0.2, 0.25) is 0 Å². The van der Waals surface area contributed by atoms with Crippen LogP contribution in [0, 0.1) is 6.92 Å². The lowest BCUT2D eigenvalue weighted by Gasteiger charge is -2.13. The summed E-state index contributed by atoms with van der Waals surface area (Å²) in [4.78, 5) is 4.60. The van der Waals surface area contributed by atoms with Crippen LogP contribution in [0.3, 0.4) is 0 Å². The van der Waals surface area contributed by atoms with Gasteiger partial charge in [0.25, 0.3) is 0 Å². The highest BCUT2D eigenvalue weighted by Gasteiger charge is 2.05. The topological polar surface area (TPSA) is 85.6 Å². The van der Waals surface area contributed by atoms with E-state index in [2.05, 4.69) is 25.8 Å². The average molecular weight is 409 g/mol. The van der Waals surface area contributed by atoms with E-state index in [0.29, 0.717) is 36.4 Å². The lowest BCUT2D eigenvalue weighted by molar-refractivity contribution is 0.145. The molecule has 1 aromatic heterocycles. The third kappa shape index (κ3) is 7.36. The number of rotatable bonds is 11. The zero-order chi connectivity index (χ0) is 20.2. The SMILES string of the molecule is CCOCCCNC(=NCc1nnc(C)n1C)NCCOc1ccccc1Cl. The van der Waals surface area contributed by atoms with E-state index in [0.717, 1.165) is 37.8 Å². The Labute approximate surface area is 171 Å². The Kier molecular flexibility index (Phi) is 9.57. The molecule has 0 atom stereocenters. The molecule has 0 unspecified atom stereocenters. The van der Waals surface area contributed by atoms with Crippen molar-refractivity contribution in [3.05, 3.63) is 40.9 Å². The number of guanidine groups is 1. The Bertz CT molecular complexity index is 750. The van der Waals surface area contributed by atoms with Gasteiger partial charge in [-0.25, -0.2) is 4.99 Å². The van der Waals surface area contributed by atoms with E-state index in [1.807, 2.05) is 43.7 Å². The maximum Gasteiger partial charge on any atom is 0.191 e. The molecule has 0 bridgehead atoms. The molecule has 2 aromatic rings. The highest BCUT2D eigenvalue weighted by Crippen LogP contribution is 2.22. The molecular formula is C19H29ClN6O2.